The third kappa shape index (κ3) is 12.8. The van der Waals surface area contributed by atoms with E-state index in [0.717, 1.165) is 27.7 Å². The lowest BCUT2D eigenvalue weighted by Gasteiger charge is -2.44. The molecule has 0 aromatic heterocycles. The number of esters is 4. The number of carbonyl (C=O) groups excluding carboxylic acids is 6. The van der Waals surface area contributed by atoms with Gasteiger partial charge in [0, 0.05) is 52.1 Å². The van der Waals surface area contributed by atoms with E-state index in [4.69, 9.17) is 38.7 Å². The van der Waals surface area contributed by atoms with Crippen LogP contribution in [-0.2, 0) is 58.8 Å². The van der Waals surface area contributed by atoms with Crippen LogP contribution in [0.2, 0.25) is 0 Å². The monoisotopic (exact) mass is 636 g/mol. The van der Waals surface area contributed by atoms with Crippen molar-refractivity contribution >= 4 is 36.1 Å². The Kier molecular flexibility index (Phi) is 15.3. The first kappa shape index (κ1) is 36.5. The number of nitrogens with one attached hydrogen (secondary N) is 1. The number of azide groups is 1. The van der Waals surface area contributed by atoms with Crippen LogP contribution in [-0.4, -0.2) is 99.7 Å². The van der Waals surface area contributed by atoms with Crippen LogP contribution in [0.4, 0.5) is 0 Å². The standard InChI is InChI=1S/C28H36N4O13/c1-16(34)40-15-23-25(41-17(2)35)26(42-18(3)36)27(43-19(4)37)28(45-23)44-22-7-5-20(13-21(22)14-33)6-8-24(38)30-9-11-39-12-10-31-32-29/h5,7,13-14,23,25-28H,6,8-12,15H2,1-4H3,(H,30,38)/t23-,25+,26+,27-,28-/m1/s1. The quantitative estimate of drug-likeness (QED) is 0.0485. The number of hydrogen-bond acceptors (Lipinski definition) is 14. The van der Waals surface area contributed by atoms with Crippen molar-refractivity contribution in [3.05, 3.63) is 39.8 Å². The summed E-state index contributed by atoms with van der Waals surface area (Å²) in [5, 5.41) is 6.03. The van der Waals surface area contributed by atoms with Crippen LogP contribution >= 0.6 is 0 Å². The summed E-state index contributed by atoms with van der Waals surface area (Å²) >= 11 is 0. The Labute approximate surface area is 258 Å². The Morgan fingerprint density at radius 2 is 1.62 bits per heavy atom. The molecule has 0 aliphatic carbocycles. The van der Waals surface area contributed by atoms with Crippen molar-refractivity contribution in [1.29, 1.82) is 0 Å². The molecule has 0 unspecified atom stereocenters. The molecule has 1 amide bonds. The van der Waals surface area contributed by atoms with Gasteiger partial charge in [-0.1, -0.05) is 11.2 Å². The number of nitrogens with zero attached hydrogens (tertiary/aromatic N) is 3. The number of rotatable bonds is 17. The van der Waals surface area contributed by atoms with Crippen molar-refractivity contribution in [3.8, 4) is 5.75 Å². The predicted molar refractivity (Wildman–Crippen MR) is 151 cm³/mol. The summed E-state index contributed by atoms with van der Waals surface area (Å²) in [5.41, 5.74) is 8.92. The number of amides is 1. The molecule has 0 radical (unpaired) electrons. The van der Waals surface area contributed by atoms with Crippen LogP contribution in [0.3, 0.4) is 0 Å². The van der Waals surface area contributed by atoms with Crippen LogP contribution in [0.1, 0.15) is 50.0 Å². The summed E-state index contributed by atoms with van der Waals surface area (Å²) in [6.45, 7) is 4.92. The number of ether oxygens (including phenoxy) is 7. The molecule has 17 heteroatoms. The second kappa shape index (κ2) is 18.8. The van der Waals surface area contributed by atoms with Crippen molar-refractivity contribution in [2.75, 3.05) is 32.9 Å². The third-order valence-corrected chi connectivity index (χ3v) is 6.00. The molecule has 45 heavy (non-hydrogen) atoms. The van der Waals surface area contributed by atoms with Gasteiger partial charge in [0.1, 0.15) is 18.5 Å². The second-order valence-electron chi connectivity index (χ2n) is 9.59. The number of aldehydes is 1. The second-order valence-corrected chi connectivity index (χ2v) is 9.59. The molecule has 1 aliphatic rings. The zero-order valence-electron chi connectivity index (χ0n) is 25.3. The summed E-state index contributed by atoms with van der Waals surface area (Å²) < 4.78 is 38.2. The number of benzene rings is 1. The molecule has 1 aromatic rings. The molecule has 1 N–H and O–H groups in total. The highest BCUT2D eigenvalue weighted by Gasteiger charge is 2.53. The summed E-state index contributed by atoms with van der Waals surface area (Å²) in [4.78, 5) is 74.3. The SMILES string of the molecule is CC(=O)OC[C@H]1O[C@@H](Oc2ccc(CCC(=O)NCCOCCN=[N+]=[N-])cc2C=O)[C@H](OC(C)=O)[C@@H](OC(C)=O)[C@H]1OC(C)=O. The highest BCUT2D eigenvalue weighted by molar-refractivity contribution is 5.80. The maximum atomic E-state index is 12.2. The normalized spacial score (nSPS) is 20.5. The lowest BCUT2D eigenvalue weighted by molar-refractivity contribution is -0.288. The van der Waals surface area contributed by atoms with Gasteiger partial charge < -0.3 is 38.5 Å². The van der Waals surface area contributed by atoms with Gasteiger partial charge in [-0.25, -0.2) is 0 Å². The molecule has 0 bridgehead atoms. The zero-order valence-corrected chi connectivity index (χ0v) is 25.3. The first-order chi connectivity index (χ1) is 21.4. The molecule has 1 fully saturated rings. The highest BCUT2D eigenvalue weighted by Crippen LogP contribution is 2.32. The molecule has 246 valence electrons. The van der Waals surface area contributed by atoms with E-state index in [2.05, 4.69) is 15.3 Å². The first-order valence-corrected chi connectivity index (χ1v) is 13.9. The molecule has 0 saturated carbocycles. The van der Waals surface area contributed by atoms with Gasteiger partial charge in [-0.2, -0.15) is 0 Å². The smallest absolute Gasteiger partial charge is 0.303 e. The molecule has 1 aromatic carbocycles. The number of carbonyl (C=O) groups is 6. The molecule has 1 saturated heterocycles. The van der Waals surface area contributed by atoms with Gasteiger partial charge >= 0.3 is 23.9 Å². The van der Waals surface area contributed by atoms with Gasteiger partial charge in [-0.15, -0.1) is 0 Å². The fourth-order valence-electron chi connectivity index (χ4n) is 4.22. The van der Waals surface area contributed by atoms with Crippen molar-refractivity contribution in [1.82, 2.24) is 5.32 Å². The highest BCUT2D eigenvalue weighted by atomic mass is 16.7. The maximum Gasteiger partial charge on any atom is 0.303 e. The van der Waals surface area contributed by atoms with Crippen molar-refractivity contribution in [2.45, 2.75) is 71.2 Å². The van der Waals surface area contributed by atoms with Crippen LogP contribution in [0.25, 0.3) is 10.4 Å². The Hall–Kier alpha value is -4.73. The Morgan fingerprint density at radius 3 is 2.24 bits per heavy atom. The van der Waals surface area contributed by atoms with Crippen LogP contribution in [0, 0.1) is 0 Å². The Bertz CT molecular complexity index is 1270. The maximum absolute atomic E-state index is 12.2. The average molecular weight is 637 g/mol. The van der Waals surface area contributed by atoms with E-state index in [1.54, 1.807) is 6.07 Å². The molecular weight excluding hydrogens is 600 g/mol. The van der Waals surface area contributed by atoms with Crippen molar-refractivity contribution < 1.29 is 61.9 Å². The summed E-state index contributed by atoms with van der Waals surface area (Å²) in [6.07, 6.45) is -6.13. The van der Waals surface area contributed by atoms with Gasteiger partial charge in [-0.05, 0) is 29.6 Å². The van der Waals surface area contributed by atoms with Gasteiger partial charge in [0.25, 0.3) is 0 Å². The molecule has 0 spiro atoms. The van der Waals surface area contributed by atoms with E-state index in [1.807, 2.05) is 0 Å². The van der Waals surface area contributed by atoms with Crippen LogP contribution in [0.15, 0.2) is 23.3 Å². The van der Waals surface area contributed by atoms with E-state index in [1.165, 1.54) is 12.1 Å². The number of hydrogen-bond donors (Lipinski definition) is 1. The summed E-state index contributed by atoms with van der Waals surface area (Å²) in [6, 6.07) is 4.56. The average Bonchev–Trinajstić information content (AvgIpc) is 2.97. The lowest BCUT2D eigenvalue weighted by Crippen LogP contribution is -2.63. The molecule has 2 rings (SSSR count). The number of aryl methyl sites for hydroxylation is 1. The molecule has 1 aliphatic heterocycles. The van der Waals surface area contributed by atoms with E-state index < -0.39 is 61.2 Å². The van der Waals surface area contributed by atoms with Gasteiger partial charge in [-0.3, -0.25) is 28.8 Å². The molecule has 5 atom stereocenters. The fraction of sp³-hybridized carbons (Fsp3) is 0.571. The van der Waals surface area contributed by atoms with E-state index in [-0.39, 0.29) is 56.4 Å². The van der Waals surface area contributed by atoms with Gasteiger partial charge in [0.05, 0.1) is 18.8 Å². The molecular formula is C28H36N4O13. The van der Waals surface area contributed by atoms with E-state index in [9.17, 15) is 28.8 Å². The summed E-state index contributed by atoms with van der Waals surface area (Å²) in [5.74, 6) is -3.32. The topological polar surface area (TPSA) is 228 Å². The minimum Gasteiger partial charge on any atom is -0.463 e. The van der Waals surface area contributed by atoms with Crippen LogP contribution < -0.4 is 10.1 Å². The molecule has 1 heterocycles. The minimum absolute atomic E-state index is 0.00279. The van der Waals surface area contributed by atoms with E-state index in [0.29, 0.717) is 11.8 Å². The minimum atomic E-state index is -1.52. The zero-order chi connectivity index (χ0) is 33.4. The van der Waals surface area contributed by atoms with Crippen molar-refractivity contribution in [2.24, 2.45) is 5.11 Å². The fourth-order valence-corrected chi connectivity index (χ4v) is 4.22. The third-order valence-electron chi connectivity index (χ3n) is 6.00. The van der Waals surface area contributed by atoms with Gasteiger partial charge in [0.2, 0.25) is 18.3 Å². The lowest BCUT2D eigenvalue weighted by atomic mass is 9.98. The van der Waals surface area contributed by atoms with Crippen LogP contribution in [0.5, 0.6) is 5.75 Å². The Balaban J connectivity index is 2.21. The van der Waals surface area contributed by atoms with Crippen molar-refractivity contribution in [3.63, 3.8) is 0 Å². The van der Waals surface area contributed by atoms with Gasteiger partial charge in [0.15, 0.2) is 18.5 Å². The predicted octanol–water partition coefficient (Wildman–Crippen LogP) is 1.34. The first-order valence-electron chi connectivity index (χ1n) is 13.9. The Morgan fingerprint density at radius 1 is 0.956 bits per heavy atom. The largest absolute Gasteiger partial charge is 0.463 e. The van der Waals surface area contributed by atoms with E-state index >= 15 is 0 Å². The molecule has 17 nitrogen and oxygen atoms in total. The summed E-state index contributed by atoms with van der Waals surface area (Å²) in [7, 11) is 0.